The van der Waals surface area contributed by atoms with Crippen LogP contribution in [0.4, 0.5) is 0 Å². The molecule has 1 aromatic heterocycles. The van der Waals surface area contributed by atoms with Crippen LogP contribution in [-0.2, 0) is 30.2 Å². The third-order valence-electron chi connectivity index (χ3n) is 2.78. The zero-order chi connectivity index (χ0) is 14.8. The second-order valence-electron chi connectivity index (χ2n) is 4.11. The predicted molar refractivity (Wildman–Crippen MR) is 77.1 cm³/mol. The van der Waals surface area contributed by atoms with Crippen LogP contribution < -0.4 is 10.5 Å². The Bertz CT molecular complexity index is 694. The Morgan fingerprint density at radius 1 is 1.35 bits per heavy atom. The minimum absolute atomic E-state index is 0.0114. The van der Waals surface area contributed by atoms with Crippen molar-refractivity contribution in [3.63, 3.8) is 0 Å². The lowest BCUT2D eigenvalue weighted by Gasteiger charge is -2.09. The number of aromatic nitrogens is 3. The Hall–Kier alpha value is -1.29. The fourth-order valence-corrected chi connectivity index (χ4v) is 3.87. The van der Waals surface area contributed by atoms with Gasteiger partial charge in [-0.05, 0) is 27.1 Å². The second kappa shape index (κ2) is 6.00. The molecule has 0 radical (unpaired) electrons. The van der Waals surface area contributed by atoms with Gasteiger partial charge in [0.2, 0.25) is 5.03 Å². The van der Waals surface area contributed by atoms with Crippen molar-refractivity contribution in [1.29, 1.82) is 0 Å². The number of rotatable bonds is 5. The quantitative estimate of drug-likeness (QED) is 0.809. The molecular weight excluding hydrogens is 346 g/mol. The van der Waals surface area contributed by atoms with Crippen molar-refractivity contribution < 1.29 is 8.42 Å². The van der Waals surface area contributed by atoms with Crippen LogP contribution in [0.1, 0.15) is 11.1 Å². The van der Waals surface area contributed by atoms with Crippen LogP contribution in [0.25, 0.3) is 0 Å². The summed E-state index contributed by atoms with van der Waals surface area (Å²) in [5, 5.41) is 7.30. The number of sulfonamides is 1. The van der Waals surface area contributed by atoms with Crippen LogP contribution >= 0.6 is 15.9 Å². The molecule has 20 heavy (non-hydrogen) atoms. The fraction of sp³-hybridized carbons (Fsp3) is 0.273. The molecule has 108 valence electrons. The number of halogens is 1. The second-order valence-corrected chi connectivity index (χ2v) is 6.54. The maximum atomic E-state index is 12.2. The summed E-state index contributed by atoms with van der Waals surface area (Å²) in [5.74, 6) is 0. The van der Waals surface area contributed by atoms with Crippen molar-refractivity contribution >= 4 is 26.0 Å². The average Bonchev–Trinajstić information content (AvgIpc) is 2.77. The summed E-state index contributed by atoms with van der Waals surface area (Å²) in [5.41, 5.74) is 7.36. The molecule has 0 amide bonds. The van der Waals surface area contributed by atoms with Gasteiger partial charge < -0.3 is 5.73 Å². The Kier molecular flexibility index (Phi) is 4.53. The van der Waals surface area contributed by atoms with E-state index in [1.165, 1.54) is 11.7 Å². The van der Waals surface area contributed by atoms with Crippen LogP contribution in [0.3, 0.4) is 0 Å². The summed E-state index contributed by atoms with van der Waals surface area (Å²) in [6, 6.07) is 7.40. The van der Waals surface area contributed by atoms with Gasteiger partial charge in [0.15, 0.2) is 4.60 Å². The van der Waals surface area contributed by atoms with E-state index in [1.807, 2.05) is 24.3 Å². The highest BCUT2D eigenvalue weighted by atomic mass is 79.9. The number of nitrogens with zero attached hydrogens (tertiary/aromatic N) is 3. The predicted octanol–water partition coefficient (Wildman–Crippen LogP) is 0.515. The zero-order valence-corrected chi connectivity index (χ0v) is 13.1. The zero-order valence-electron chi connectivity index (χ0n) is 10.7. The summed E-state index contributed by atoms with van der Waals surface area (Å²) < 4.78 is 28.4. The van der Waals surface area contributed by atoms with Gasteiger partial charge in [0.25, 0.3) is 10.0 Å². The van der Waals surface area contributed by atoms with E-state index >= 15 is 0 Å². The van der Waals surface area contributed by atoms with Gasteiger partial charge in [-0.2, -0.15) is 0 Å². The first-order valence-corrected chi connectivity index (χ1v) is 8.05. The summed E-state index contributed by atoms with van der Waals surface area (Å²) >= 11 is 3.07. The van der Waals surface area contributed by atoms with Gasteiger partial charge in [0.05, 0.1) is 0 Å². The van der Waals surface area contributed by atoms with Crippen LogP contribution in [0.2, 0.25) is 0 Å². The third kappa shape index (κ3) is 3.06. The maximum absolute atomic E-state index is 12.2. The molecule has 0 saturated heterocycles. The standard InChI is InChI=1S/C11H14BrN5O2S/c1-17-11(10(12)15-16-17)20(18,19)14-7-9-5-3-2-4-8(9)6-13/h2-5,14H,6-7,13H2,1H3. The van der Waals surface area contributed by atoms with E-state index in [2.05, 4.69) is 31.0 Å². The molecule has 1 aromatic carbocycles. The fourth-order valence-electron chi connectivity index (χ4n) is 1.78. The Balaban J connectivity index is 2.22. The van der Waals surface area contributed by atoms with Crippen molar-refractivity contribution in [2.75, 3.05) is 0 Å². The van der Waals surface area contributed by atoms with Gasteiger partial charge in [-0.15, -0.1) is 5.10 Å². The van der Waals surface area contributed by atoms with E-state index in [0.717, 1.165) is 11.1 Å². The molecule has 1 heterocycles. The first-order valence-electron chi connectivity index (χ1n) is 5.77. The molecular formula is C11H14BrN5O2S. The molecule has 7 nitrogen and oxygen atoms in total. The van der Waals surface area contributed by atoms with Crippen molar-refractivity contribution in [3.8, 4) is 0 Å². The van der Waals surface area contributed by atoms with E-state index in [9.17, 15) is 8.42 Å². The van der Waals surface area contributed by atoms with Crippen molar-refractivity contribution in [1.82, 2.24) is 19.7 Å². The molecule has 0 unspecified atom stereocenters. The normalized spacial score (nSPS) is 11.8. The molecule has 2 aromatic rings. The van der Waals surface area contributed by atoms with Crippen LogP contribution in [-0.4, -0.2) is 23.4 Å². The molecule has 0 saturated carbocycles. The van der Waals surface area contributed by atoms with E-state index in [0.29, 0.717) is 6.54 Å². The number of hydrogen-bond acceptors (Lipinski definition) is 5. The average molecular weight is 360 g/mol. The van der Waals surface area contributed by atoms with E-state index in [-0.39, 0.29) is 16.2 Å². The maximum Gasteiger partial charge on any atom is 0.260 e. The highest BCUT2D eigenvalue weighted by molar-refractivity contribution is 9.10. The Morgan fingerprint density at radius 2 is 2.00 bits per heavy atom. The molecule has 0 fully saturated rings. The highest BCUT2D eigenvalue weighted by Crippen LogP contribution is 2.18. The van der Waals surface area contributed by atoms with E-state index in [1.54, 1.807) is 0 Å². The van der Waals surface area contributed by atoms with E-state index < -0.39 is 10.0 Å². The van der Waals surface area contributed by atoms with Gasteiger partial charge >= 0.3 is 0 Å². The van der Waals surface area contributed by atoms with Gasteiger partial charge in [0.1, 0.15) is 0 Å². The number of aryl methyl sites for hydroxylation is 1. The van der Waals surface area contributed by atoms with Gasteiger partial charge in [-0.25, -0.2) is 17.8 Å². The molecule has 9 heteroatoms. The van der Waals surface area contributed by atoms with E-state index in [4.69, 9.17) is 5.73 Å². The minimum atomic E-state index is -3.70. The molecule has 0 aliphatic rings. The largest absolute Gasteiger partial charge is 0.326 e. The molecule has 2 rings (SSSR count). The Labute approximate surface area is 125 Å². The minimum Gasteiger partial charge on any atom is -0.326 e. The molecule has 3 N–H and O–H groups in total. The molecule has 0 aliphatic carbocycles. The summed E-state index contributed by atoms with van der Waals surface area (Å²) in [6.45, 7) is 0.516. The number of nitrogens with one attached hydrogen (secondary N) is 1. The SMILES string of the molecule is Cn1nnc(Br)c1S(=O)(=O)NCc1ccccc1CN. The van der Waals surface area contributed by atoms with Gasteiger partial charge in [0, 0.05) is 20.1 Å². The number of nitrogens with two attached hydrogens (primary N) is 1. The van der Waals surface area contributed by atoms with Crippen LogP contribution in [0.15, 0.2) is 33.9 Å². The monoisotopic (exact) mass is 359 g/mol. The first-order chi connectivity index (χ1) is 9.45. The lowest BCUT2D eigenvalue weighted by atomic mass is 10.1. The molecule has 0 spiro atoms. The van der Waals surface area contributed by atoms with Crippen molar-refractivity contribution in [2.24, 2.45) is 12.8 Å². The van der Waals surface area contributed by atoms with Gasteiger partial charge in [-0.3, -0.25) is 0 Å². The number of benzene rings is 1. The lowest BCUT2D eigenvalue weighted by Crippen LogP contribution is -2.26. The van der Waals surface area contributed by atoms with Gasteiger partial charge in [-0.1, -0.05) is 29.5 Å². The number of hydrogen-bond donors (Lipinski definition) is 2. The van der Waals surface area contributed by atoms with Crippen molar-refractivity contribution in [2.45, 2.75) is 18.1 Å². The first kappa shape index (κ1) is 15.1. The van der Waals surface area contributed by atoms with Crippen LogP contribution in [0, 0.1) is 0 Å². The summed E-state index contributed by atoms with van der Waals surface area (Å²) in [4.78, 5) is 0. The smallest absolute Gasteiger partial charge is 0.260 e. The summed E-state index contributed by atoms with van der Waals surface area (Å²) in [7, 11) is -2.19. The van der Waals surface area contributed by atoms with Crippen LogP contribution in [0.5, 0.6) is 0 Å². The van der Waals surface area contributed by atoms with Crippen molar-refractivity contribution in [3.05, 3.63) is 40.0 Å². The molecule has 0 aliphatic heterocycles. The Morgan fingerprint density at radius 3 is 2.55 bits per heavy atom. The molecule has 0 atom stereocenters. The third-order valence-corrected chi connectivity index (χ3v) is 5.07. The lowest BCUT2D eigenvalue weighted by molar-refractivity contribution is 0.560. The highest BCUT2D eigenvalue weighted by Gasteiger charge is 2.23. The molecule has 0 bridgehead atoms. The topological polar surface area (TPSA) is 103 Å². The summed E-state index contributed by atoms with van der Waals surface area (Å²) in [6.07, 6.45) is 0.